The Hall–Kier alpha value is -1.26. The van der Waals surface area contributed by atoms with Crippen LogP contribution in [0.4, 0.5) is 5.69 Å². The van der Waals surface area contributed by atoms with Gasteiger partial charge >= 0.3 is 0 Å². The molecule has 0 amide bonds. The molecule has 21 heavy (non-hydrogen) atoms. The maximum atomic E-state index is 10.3. The number of benzene rings is 1. The van der Waals surface area contributed by atoms with Crippen molar-refractivity contribution in [2.45, 2.75) is 51.7 Å². The van der Waals surface area contributed by atoms with Gasteiger partial charge in [-0.05, 0) is 57.4 Å². The van der Waals surface area contributed by atoms with Crippen LogP contribution < -0.4 is 15.4 Å². The number of hydrogen-bond acceptors (Lipinski definition) is 4. The molecule has 0 spiro atoms. The zero-order valence-electron chi connectivity index (χ0n) is 13.4. The van der Waals surface area contributed by atoms with Crippen molar-refractivity contribution in [3.05, 3.63) is 23.8 Å². The number of ether oxygens (including phenoxy) is 1. The summed E-state index contributed by atoms with van der Waals surface area (Å²) in [4.78, 5) is 2.36. The van der Waals surface area contributed by atoms with Crippen LogP contribution in [-0.4, -0.2) is 30.3 Å². The van der Waals surface area contributed by atoms with Crippen molar-refractivity contribution < 1.29 is 9.84 Å². The lowest BCUT2D eigenvalue weighted by molar-refractivity contribution is 0.105. The normalized spacial score (nSPS) is 18.0. The van der Waals surface area contributed by atoms with Gasteiger partial charge < -0.3 is 20.5 Å². The third-order valence-electron chi connectivity index (χ3n) is 3.84. The van der Waals surface area contributed by atoms with E-state index in [9.17, 15) is 5.11 Å². The van der Waals surface area contributed by atoms with Crippen molar-refractivity contribution in [3.8, 4) is 5.75 Å². The molecule has 1 aliphatic heterocycles. The predicted octanol–water partition coefficient (Wildman–Crippen LogP) is 2.85. The van der Waals surface area contributed by atoms with E-state index in [2.05, 4.69) is 31.7 Å². The number of anilines is 1. The summed E-state index contributed by atoms with van der Waals surface area (Å²) >= 11 is 0. The number of hydrogen-bond donors (Lipinski definition) is 2. The molecule has 1 aromatic carbocycles. The van der Waals surface area contributed by atoms with Gasteiger partial charge in [-0.1, -0.05) is 13.0 Å². The van der Waals surface area contributed by atoms with Gasteiger partial charge in [0, 0.05) is 6.54 Å². The molecule has 2 rings (SSSR count). The average molecular weight is 292 g/mol. The highest BCUT2D eigenvalue weighted by Crippen LogP contribution is 2.39. The quantitative estimate of drug-likeness (QED) is 0.846. The minimum Gasteiger partial charge on any atom is -0.484 e. The minimum atomic E-state index is -0.447. The largest absolute Gasteiger partial charge is 0.484 e. The molecule has 4 nitrogen and oxygen atoms in total. The lowest BCUT2D eigenvalue weighted by atomic mass is 10.00. The second kappa shape index (κ2) is 6.67. The molecule has 0 saturated heterocycles. The Balaban J connectivity index is 2.26. The standard InChI is InChI=1S/C17H28N2O2/c1-4-10-19-12-17(2,3)21-16-8-7-13(11-14(16)19)15(20)6-5-9-18/h7-8,11,15,20H,4-6,9-10,12,18H2,1-3H3. The third kappa shape index (κ3) is 3.89. The van der Waals surface area contributed by atoms with Gasteiger partial charge in [0.05, 0.1) is 18.3 Å². The molecule has 0 fully saturated rings. The summed E-state index contributed by atoms with van der Waals surface area (Å²) in [6, 6.07) is 6.02. The van der Waals surface area contributed by atoms with Crippen LogP contribution in [0, 0.1) is 0 Å². The molecule has 0 radical (unpaired) electrons. The van der Waals surface area contributed by atoms with Crippen LogP contribution in [0.2, 0.25) is 0 Å². The summed E-state index contributed by atoms with van der Waals surface area (Å²) in [5.74, 6) is 0.912. The monoisotopic (exact) mass is 292 g/mol. The van der Waals surface area contributed by atoms with E-state index in [0.29, 0.717) is 13.0 Å². The van der Waals surface area contributed by atoms with E-state index in [4.69, 9.17) is 10.5 Å². The molecule has 118 valence electrons. The zero-order chi connectivity index (χ0) is 15.5. The molecule has 4 heteroatoms. The van der Waals surface area contributed by atoms with Crippen LogP contribution in [0.15, 0.2) is 18.2 Å². The predicted molar refractivity (Wildman–Crippen MR) is 86.9 cm³/mol. The first-order chi connectivity index (χ1) is 9.96. The van der Waals surface area contributed by atoms with E-state index in [-0.39, 0.29) is 5.60 Å². The number of aliphatic hydroxyl groups is 1. The molecular weight excluding hydrogens is 264 g/mol. The van der Waals surface area contributed by atoms with Gasteiger partial charge in [0.2, 0.25) is 0 Å². The summed E-state index contributed by atoms with van der Waals surface area (Å²) in [5.41, 5.74) is 7.39. The van der Waals surface area contributed by atoms with E-state index >= 15 is 0 Å². The fourth-order valence-electron chi connectivity index (χ4n) is 2.90. The average Bonchev–Trinajstić information content (AvgIpc) is 2.43. The molecule has 1 aromatic rings. The fraction of sp³-hybridized carbons (Fsp3) is 0.647. The Labute approximate surface area is 127 Å². The number of rotatable bonds is 6. The minimum absolute atomic E-state index is 0.179. The van der Waals surface area contributed by atoms with Crippen LogP contribution in [0.5, 0.6) is 5.75 Å². The van der Waals surface area contributed by atoms with Crippen LogP contribution >= 0.6 is 0 Å². The second-order valence-corrected chi connectivity index (χ2v) is 6.46. The van der Waals surface area contributed by atoms with Crippen molar-refractivity contribution in [2.24, 2.45) is 5.73 Å². The highest BCUT2D eigenvalue weighted by atomic mass is 16.5. The van der Waals surface area contributed by atoms with Crippen LogP contribution in [0.3, 0.4) is 0 Å². The highest BCUT2D eigenvalue weighted by Gasteiger charge is 2.31. The Morgan fingerprint density at radius 3 is 2.86 bits per heavy atom. The molecule has 0 bridgehead atoms. The van der Waals surface area contributed by atoms with Gasteiger partial charge in [-0.15, -0.1) is 0 Å². The van der Waals surface area contributed by atoms with Gasteiger partial charge in [-0.25, -0.2) is 0 Å². The third-order valence-corrected chi connectivity index (χ3v) is 3.84. The van der Waals surface area contributed by atoms with Gasteiger partial charge in [0.1, 0.15) is 11.4 Å². The Bertz CT molecular complexity index is 474. The number of nitrogens with zero attached hydrogens (tertiary/aromatic N) is 1. The maximum Gasteiger partial charge on any atom is 0.143 e. The van der Waals surface area contributed by atoms with Crippen molar-refractivity contribution in [1.82, 2.24) is 0 Å². The number of fused-ring (bicyclic) bond motifs is 1. The lowest BCUT2D eigenvalue weighted by Crippen LogP contribution is -2.47. The van der Waals surface area contributed by atoms with Gasteiger partial charge in [-0.2, -0.15) is 0 Å². The van der Waals surface area contributed by atoms with E-state index in [1.807, 2.05) is 12.1 Å². The van der Waals surface area contributed by atoms with Gasteiger partial charge in [0.15, 0.2) is 0 Å². The maximum absolute atomic E-state index is 10.3. The molecule has 1 aliphatic rings. The molecule has 1 atom stereocenters. The van der Waals surface area contributed by atoms with Crippen molar-refractivity contribution >= 4 is 5.69 Å². The van der Waals surface area contributed by atoms with E-state index in [0.717, 1.165) is 42.9 Å². The lowest BCUT2D eigenvalue weighted by Gasteiger charge is -2.41. The van der Waals surface area contributed by atoms with Crippen molar-refractivity contribution in [3.63, 3.8) is 0 Å². The van der Waals surface area contributed by atoms with Gasteiger partial charge in [-0.3, -0.25) is 0 Å². The van der Waals surface area contributed by atoms with E-state index in [1.165, 1.54) is 0 Å². The van der Waals surface area contributed by atoms with Crippen molar-refractivity contribution in [1.29, 1.82) is 0 Å². The highest BCUT2D eigenvalue weighted by molar-refractivity contribution is 5.62. The molecule has 0 aliphatic carbocycles. The topological polar surface area (TPSA) is 58.7 Å². The zero-order valence-corrected chi connectivity index (χ0v) is 13.4. The molecule has 0 aromatic heterocycles. The Kier molecular flexibility index (Phi) is 5.12. The van der Waals surface area contributed by atoms with Crippen LogP contribution in [0.25, 0.3) is 0 Å². The first-order valence-electron chi connectivity index (χ1n) is 7.93. The number of aliphatic hydroxyl groups excluding tert-OH is 1. The second-order valence-electron chi connectivity index (χ2n) is 6.46. The summed E-state index contributed by atoms with van der Waals surface area (Å²) in [7, 11) is 0. The van der Waals surface area contributed by atoms with Crippen molar-refractivity contribution in [2.75, 3.05) is 24.5 Å². The Morgan fingerprint density at radius 1 is 1.43 bits per heavy atom. The summed E-state index contributed by atoms with van der Waals surface area (Å²) in [5, 5.41) is 10.3. The first-order valence-corrected chi connectivity index (χ1v) is 7.93. The number of nitrogens with two attached hydrogens (primary N) is 1. The molecule has 3 N–H and O–H groups in total. The smallest absolute Gasteiger partial charge is 0.143 e. The summed E-state index contributed by atoms with van der Waals surface area (Å²) in [6.07, 6.45) is 2.18. The van der Waals surface area contributed by atoms with Crippen LogP contribution in [0.1, 0.15) is 51.7 Å². The molecule has 0 saturated carbocycles. The van der Waals surface area contributed by atoms with Gasteiger partial charge in [0.25, 0.3) is 0 Å². The first kappa shape index (κ1) is 16.1. The SMILES string of the molecule is CCCN1CC(C)(C)Oc2ccc(C(O)CCCN)cc21. The molecule has 1 unspecified atom stereocenters. The van der Waals surface area contributed by atoms with Crippen LogP contribution in [-0.2, 0) is 0 Å². The molecule has 1 heterocycles. The van der Waals surface area contributed by atoms with E-state index < -0.39 is 6.10 Å². The van der Waals surface area contributed by atoms with E-state index in [1.54, 1.807) is 0 Å². The summed E-state index contributed by atoms with van der Waals surface area (Å²) < 4.78 is 6.07. The molecular formula is C17H28N2O2. The summed E-state index contributed by atoms with van der Waals surface area (Å²) in [6.45, 7) is 8.90. The Morgan fingerprint density at radius 2 is 2.19 bits per heavy atom. The fourth-order valence-corrected chi connectivity index (χ4v) is 2.90.